The van der Waals surface area contributed by atoms with Gasteiger partial charge in [-0.15, -0.1) is 0 Å². The SMILES string of the molecule is CC(C)c1nc2ccc(C3CCCCN3)cc2n1C. The van der Waals surface area contributed by atoms with Gasteiger partial charge in [-0.25, -0.2) is 4.98 Å². The first-order valence-electron chi connectivity index (χ1n) is 7.36. The van der Waals surface area contributed by atoms with Crippen molar-refractivity contribution in [2.45, 2.75) is 45.1 Å². The molecule has 1 atom stereocenters. The largest absolute Gasteiger partial charge is 0.331 e. The van der Waals surface area contributed by atoms with Gasteiger partial charge >= 0.3 is 0 Å². The fourth-order valence-corrected chi connectivity index (χ4v) is 3.09. The van der Waals surface area contributed by atoms with Gasteiger partial charge in [-0.3, -0.25) is 0 Å². The molecule has 3 rings (SSSR count). The molecular formula is C16H23N3. The van der Waals surface area contributed by atoms with E-state index in [1.54, 1.807) is 0 Å². The lowest BCUT2D eigenvalue weighted by atomic mass is 9.97. The van der Waals surface area contributed by atoms with E-state index in [1.807, 2.05) is 0 Å². The summed E-state index contributed by atoms with van der Waals surface area (Å²) >= 11 is 0. The zero-order valence-corrected chi connectivity index (χ0v) is 12.1. The molecule has 0 radical (unpaired) electrons. The maximum Gasteiger partial charge on any atom is 0.112 e. The van der Waals surface area contributed by atoms with Crippen LogP contribution in [0.5, 0.6) is 0 Å². The summed E-state index contributed by atoms with van der Waals surface area (Å²) in [7, 11) is 2.13. The molecule has 0 saturated carbocycles. The molecular weight excluding hydrogens is 234 g/mol. The van der Waals surface area contributed by atoms with Gasteiger partial charge in [-0.1, -0.05) is 26.3 Å². The highest BCUT2D eigenvalue weighted by Crippen LogP contribution is 2.27. The number of aryl methyl sites for hydroxylation is 1. The van der Waals surface area contributed by atoms with Crippen molar-refractivity contribution in [1.82, 2.24) is 14.9 Å². The molecule has 0 amide bonds. The molecule has 102 valence electrons. The van der Waals surface area contributed by atoms with Gasteiger partial charge in [0.2, 0.25) is 0 Å². The molecule has 1 aromatic heterocycles. The van der Waals surface area contributed by atoms with E-state index in [1.165, 1.54) is 36.2 Å². The molecule has 3 heteroatoms. The third kappa shape index (κ3) is 2.27. The molecule has 1 fully saturated rings. The minimum absolute atomic E-state index is 0.466. The monoisotopic (exact) mass is 257 g/mol. The number of benzene rings is 1. The molecule has 0 aliphatic carbocycles. The number of nitrogens with one attached hydrogen (secondary N) is 1. The van der Waals surface area contributed by atoms with Crippen LogP contribution in [0.1, 0.15) is 56.5 Å². The van der Waals surface area contributed by atoms with Crippen LogP contribution in [0.3, 0.4) is 0 Å². The Morgan fingerprint density at radius 1 is 1.32 bits per heavy atom. The van der Waals surface area contributed by atoms with Crippen LogP contribution < -0.4 is 5.32 Å². The number of hydrogen-bond acceptors (Lipinski definition) is 2. The number of imidazole rings is 1. The summed E-state index contributed by atoms with van der Waals surface area (Å²) in [6.07, 6.45) is 3.89. The molecule has 1 aliphatic heterocycles. The summed E-state index contributed by atoms with van der Waals surface area (Å²) < 4.78 is 2.24. The molecule has 0 spiro atoms. The maximum absolute atomic E-state index is 4.74. The van der Waals surface area contributed by atoms with Crippen molar-refractivity contribution in [2.75, 3.05) is 6.54 Å². The summed E-state index contributed by atoms with van der Waals surface area (Å²) in [5.74, 6) is 1.64. The highest BCUT2D eigenvalue weighted by atomic mass is 15.1. The molecule has 1 aliphatic rings. The highest BCUT2D eigenvalue weighted by molar-refractivity contribution is 5.77. The normalized spacial score (nSPS) is 20.3. The fraction of sp³-hybridized carbons (Fsp3) is 0.562. The first-order valence-corrected chi connectivity index (χ1v) is 7.36. The first-order chi connectivity index (χ1) is 9.16. The van der Waals surface area contributed by atoms with E-state index in [-0.39, 0.29) is 0 Å². The Kier molecular flexibility index (Phi) is 3.31. The van der Waals surface area contributed by atoms with Gasteiger partial charge in [0.05, 0.1) is 11.0 Å². The molecule has 19 heavy (non-hydrogen) atoms. The zero-order chi connectivity index (χ0) is 13.4. The van der Waals surface area contributed by atoms with E-state index in [2.05, 4.69) is 49.0 Å². The fourth-order valence-electron chi connectivity index (χ4n) is 3.09. The standard InChI is InChI=1S/C16H23N3/c1-11(2)16-18-14-8-7-12(10-15(14)19(16)3)13-6-4-5-9-17-13/h7-8,10-11,13,17H,4-6,9H2,1-3H3. The van der Waals surface area contributed by atoms with Crippen LogP contribution in [-0.2, 0) is 7.05 Å². The third-order valence-electron chi connectivity index (χ3n) is 4.17. The Bertz CT molecular complexity index is 577. The molecule has 0 bridgehead atoms. The van der Waals surface area contributed by atoms with Gasteiger partial charge in [0.15, 0.2) is 0 Å². The van der Waals surface area contributed by atoms with Crippen LogP contribution in [0.2, 0.25) is 0 Å². The second-order valence-electron chi connectivity index (χ2n) is 5.93. The number of aromatic nitrogens is 2. The van der Waals surface area contributed by atoms with Gasteiger partial charge < -0.3 is 9.88 Å². The average molecular weight is 257 g/mol. The molecule has 2 heterocycles. The van der Waals surface area contributed by atoms with E-state index in [0.29, 0.717) is 12.0 Å². The van der Waals surface area contributed by atoms with Crippen molar-refractivity contribution in [1.29, 1.82) is 0 Å². The number of rotatable bonds is 2. The highest BCUT2D eigenvalue weighted by Gasteiger charge is 2.17. The Balaban J connectivity index is 2.02. The van der Waals surface area contributed by atoms with Gasteiger partial charge in [0.1, 0.15) is 5.82 Å². The lowest BCUT2D eigenvalue weighted by molar-refractivity contribution is 0.412. The predicted octanol–water partition coefficient (Wildman–Crippen LogP) is 3.51. The molecule has 1 saturated heterocycles. The summed E-state index contributed by atoms with van der Waals surface area (Å²) in [6, 6.07) is 7.25. The Morgan fingerprint density at radius 3 is 2.84 bits per heavy atom. The molecule has 3 nitrogen and oxygen atoms in total. The summed E-state index contributed by atoms with van der Waals surface area (Å²) in [5.41, 5.74) is 3.78. The average Bonchev–Trinajstić information content (AvgIpc) is 2.77. The number of fused-ring (bicyclic) bond motifs is 1. The number of hydrogen-bond donors (Lipinski definition) is 1. The zero-order valence-electron chi connectivity index (χ0n) is 12.1. The van der Waals surface area contributed by atoms with Gasteiger partial charge in [0, 0.05) is 19.0 Å². The van der Waals surface area contributed by atoms with Crippen molar-refractivity contribution in [3.05, 3.63) is 29.6 Å². The second-order valence-corrected chi connectivity index (χ2v) is 5.93. The van der Waals surface area contributed by atoms with Crippen LogP contribution >= 0.6 is 0 Å². The molecule has 1 aromatic carbocycles. The summed E-state index contributed by atoms with van der Waals surface area (Å²) in [4.78, 5) is 4.74. The lowest BCUT2D eigenvalue weighted by Crippen LogP contribution is -2.26. The molecule has 1 N–H and O–H groups in total. The van der Waals surface area contributed by atoms with Crippen molar-refractivity contribution in [3.63, 3.8) is 0 Å². The van der Waals surface area contributed by atoms with Crippen molar-refractivity contribution in [2.24, 2.45) is 7.05 Å². The van der Waals surface area contributed by atoms with E-state index >= 15 is 0 Å². The van der Waals surface area contributed by atoms with Crippen LogP contribution in [0, 0.1) is 0 Å². The number of nitrogens with zero attached hydrogens (tertiary/aromatic N) is 2. The van der Waals surface area contributed by atoms with E-state index < -0.39 is 0 Å². The van der Waals surface area contributed by atoms with E-state index in [0.717, 1.165) is 12.1 Å². The minimum Gasteiger partial charge on any atom is -0.331 e. The first kappa shape index (κ1) is 12.7. The Labute approximate surface area is 115 Å². The van der Waals surface area contributed by atoms with Crippen LogP contribution in [0.25, 0.3) is 11.0 Å². The maximum atomic E-state index is 4.74. The van der Waals surface area contributed by atoms with Crippen molar-refractivity contribution in [3.8, 4) is 0 Å². The Morgan fingerprint density at radius 2 is 2.16 bits per heavy atom. The smallest absolute Gasteiger partial charge is 0.112 e. The molecule has 2 aromatic rings. The van der Waals surface area contributed by atoms with Gasteiger partial charge in [-0.2, -0.15) is 0 Å². The van der Waals surface area contributed by atoms with Gasteiger partial charge in [-0.05, 0) is 37.1 Å². The topological polar surface area (TPSA) is 29.9 Å². The van der Waals surface area contributed by atoms with Gasteiger partial charge in [0.25, 0.3) is 0 Å². The minimum atomic E-state index is 0.466. The van der Waals surface area contributed by atoms with Crippen LogP contribution in [0.15, 0.2) is 18.2 Å². The Hall–Kier alpha value is -1.35. The third-order valence-corrected chi connectivity index (χ3v) is 4.17. The quantitative estimate of drug-likeness (QED) is 0.892. The molecule has 1 unspecified atom stereocenters. The van der Waals surface area contributed by atoms with Crippen LogP contribution in [0.4, 0.5) is 0 Å². The lowest BCUT2D eigenvalue weighted by Gasteiger charge is -2.23. The van der Waals surface area contributed by atoms with Crippen molar-refractivity contribution < 1.29 is 0 Å². The number of piperidine rings is 1. The van der Waals surface area contributed by atoms with Crippen molar-refractivity contribution >= 4 is 11.0 Å². The summed E-state index contributed by atoms with van der Waals surface area (Å²) in [5, 5.41) is 3.62. The summed E-state index contributed by atoms with van der Waals surface area (Å²) in [6.45, 7) is 5.54. The second kappa shape index (κ2) is 4.97. The predicted molar refractivity (Wildman–Crippen MR) is 79.4 cm³/mol. The van der Waals surface area contributed by atoms with Crippen LogP contribution in [-0.4, -0.2) is 16.1 Å². The van der Waals surface area contributed by atoms with E-state index in [9.17, 15) is 0 Å². The van der Waals surface area contributed by atoms with E-state index in [4.69, 9.17) is 4.98 Å².